The van der Waals surface area contributed by atoms with Crippen molar-refractivity contribution in [2.75, 3.05) is 26.3 Å². The summed E-state index contributed by atoms with van der Waals surface area (Å²) in [5, 5.41) is 7.12. The minimum Gasteiger partial charge on any atom is -0.475 e. The lowest BCUT2D eigenvalue weighted by Gasteiger charge is -2.27. The molecular weight excluding hydrogens is 367 g/mol. The van der Waals surface area contributed by atoms with Gasteiger partial charge in [0.1, 0.15) is 5.82 Å². The molecule has 3 rings (SSSR count). The number of carbonyl (C=O) groups is 2. The van der Waals surface area contributed by atoms with E-state index in [9.17, 15) is 18.0 Å². The van der Waals surface area contributed by atoms with Crippen molar-refractivity contribution in [3.63, 3.8) is 0 Å². The number of aryl methyl sites for hydroxylation is 1. The number of ether oxygens (including phenoxy) is 1. The third-order valence-electron chi connectivity index (χ3n) is 3.76. The van der Waals surface area contributed by atoms with Gasteiger partial charge >= 0.3 is 12.1 Å². The van der Waals surface area contributed by atoms with Crippen LogP contribution in [0.15, 0.2) is 36.7 Å². The minimum absolute atomic E-state index is 0.0481. The molecule has 0 unspecified atom stereocenters. The topological polar surface area (TPSA) is 84.7 Å². The number of imidazole rings is 1. The van der Waals surface area contributed by atoms with Crippen molar-refractivity contribution < 1.29 is 32.6 Å². The second kappa shape index (κ2) is 8.67. The number of alkyl halides is 3. The van der Waals surface area contributed by atoms with E-state index in [-0.39, 0.29) is 5.91 Å². The first kappa shape index (κ1) is 20.4. The number of benzene rings is 1. The highest BCUT2D eigenvalue weighted by molar-refractivity contribution is 6.00. The Hall–Kier alpha value is -2.88. The number of aliphatic carboxylic acids is 1. The molecule has 1 N–H and O–H groups in total. The summed E-state index contributed by atoms with van der Waals surface area (Å²) in [4.78, 5) is 27.7. The molecular formula is C17H18F3N3O4. The van der Waals surface area contributed by atoms with E-state index in [0.717, 1.165) is 11.4 Å². The van der Waals surface area contributed by atoms with Crippen LogP contribution in [0.4, 0.5) is 13.2 Å². The predicted molar refractivity (Wildman–Crippen MR) is 89.1 cm³/mol. The molecule has 1 aliphatic heterocycles. The van der Waals surface area contributed by atoms with Crippen molar-refractivity contribution >= 4 is 11.9 Å². The Morgan fingerprint density at radius 3 is 2.30 bits per heavy atom. The molecule has 1 aromatic heterocycles. The van der Waals surface area contributed by atoms with Crippen LogP contribution in [-0.2, 0) is 16.6 Å². The zero-order valence-electron chi connectivity index (χ0n) is 14.4. The van der Waals surface area contributed by atoms with Crippen LogP contribution in [-0.4, -0.2) is 63.9 Å². The fraction of sp³-hybridized carbons (Fsp3) is 0.353. The van der Waals surface area contributed by atoms with Gasteiger partial charge in [-0.15, -0.1) is 0 Å². The highest BCUT2D eigenvalue weighted by Gasteiger charge is 2.38. The Labute approximate surface area is 153 Å². The summed E-state index contributed by atoms with van der Waals surface area (Å²) < 4.78 is 39.0. The SMILES string of the molecule is Cn1ccnc1-c1ccccc1C(=O)N1CCOCC1.O=C(O)C(F)(F)F. The summed E-state index contributed by atoms with van der Waals surface area (Å²) in [5.41, 5.74) is 1.57. The molecule has 7 nitrogen and oxygen atoms in total. The van der Waals surface area contributed by atoms with Crippen LogP contribution in [0.25, 0.3) is 11.4 Å². The molecule has 0 spiro atoms. The molecule has 2 heterocycles. The summed E-state index contributed by atoms with van der Waals surface area (Å²) in [6, 6.07) is 7.62. The third-order valence-corrected chi connectivity index (χ3v) is 3.76. The van der Waals surface area contributed by atoms with Crippen LogP contribution >= 0.6 is 0 Å². The van der Waals surface area contributed by atoms with E-state index in [0.29, 0.717) is 31.9 Å². The standard InChI is InChI=1S/C15H17N3O2.C2HF3O2/c1-17-7-6-16-14(17)12-4-2-3-5-13(12)15(19)18-8-10-20-11-9-18;3-2(4,5)1(6)7/h2-7H,8-11H2,1H3;(H,6,7). The zero-order chi connectivity index (χ0) is 20.0. The van der Waals surface area contributed by atoms with Gasteiger partial charge in [-0.25, -0.2) is 9.78 Å². The van der Waals surface area contributed by atoms with Gasteiger partial charge in [0.25, 0.3) is 5.91 Å². The lowest BCUT2D eigenvalue weighted by atomic mass is 10.1. The summed E-state index contributed by atoms with van der Waals surface area (Å²) in [5.74, 6) is -1.90. The number of rotatable bonds is 2. The lowest BCUT2D eigenvalue weighted by Crippen LogP contribution is -2.40. The Morgan fingerprint density at radius 2 is 1.78 bits per heavy atom. The summed E-state index contributed by atoms with van der Waals surface area (Å²) in [7, 11) is 1.93. The fourth-order valence-electron chi connectivity index (χ4n) is 2.43. The van der Waals surface area contributed by atoms with E-state index < -0.39 is 12.1 Å². The molecule has 0 saturated carbocycles. The number of nitrogens with zero attached hydrogens (tertiary/aromatic N) is 3. The minimum atomic E-state index is -5.08. The lowest BCUT2D eigenvalue weighted by molar-refractivity contribution is -0.192. The molecule has 1 saturated heterocycles. The Morgan fingerprint density at radius 1 is 1.19 bits per heavy atom. The van der Waals surface area contributed by atoms with Gasteiger partial charge in [0.05, 0.1) is 18.8 Å². The molecule has 0 aliphatic carbocycles. The predicted octanol–water partition coefficient (Wildman–Crippen LogP) is 2.19. The number of amides is 1. The van der Waals surface area contributed by atoms with Gasteiger partial charge in [0, 0.05) is 38.1 Å². The molecule has 10 heteroatoms. The zero-order valence-corrected chi connectivity index (χ0v) is 14.4. The molecule has 0 bridgehead atoms. The van der Waals surface area contributed by atoms with Crippen molar-refractivity contribution in [3.8, 4) is 11.4 Å². The molecule has 27 heavy (non-hydrogen) atoms. The number of hydrogen-bond acceptors (Lipinski definition) is 4. The maximum absolute atomic E-state index is 12.7. The summed E-state index contributed by atoms with van der Waals surface area (Å²) in [6.45, 7) is 2.51. The molecule has 146 valence electrons. The van der Waals surface area contributed by atoms with Gasteiger partial charge in [-0.1, -0.05) is 18.2 Å². The van der Waals surface area contributed by atoms with Gasteiger partial charge in [-0.05, 0) is 6.07 Å². The largest absolute Gasteiger partial charge is 0.490 e. The quantitative estimate of drug-likeness (QED) is 0.857. The number of carboxylic acids is 1. The number of aromatic nitrogens is 2. The normalized spacial score (nSPS) is 14.3. The molecule has 1 fully saturated rings. The average Bonchev–Trinajstić information content (AvgIpc) is 3.07. The Kier molecular flexibility index (Phi) is 6.56. The number of carboxylic acid groups (broad SMARTS) is 1. The number of halogens is 3. The second-order valence-corrected chi connectivity index (χ2v) is 5.61. The van der Waals surface area contributed by atoms with Crippen molar-refractivity contribution in [3.05, 3.63) is 42.2 Å². The van der Waals surface area contributed by atoms with E-state index in [4.69, 9.17) is 14.6 Å². The summed E-state index contributed by atoms with van der Waals surface area (Å²) >= 11 is 0. The van der Waals surface area contributed by atoms with Crippen LogP contribution < -0.4 is 0 Å². The van der Waals surface area contributed by atoms with Crippen molar-refractivity contribution in [2.24, 2.45) is 7.05 Å². The van der Waals surface area contributed by atoms with Gasteiger partial charge < -0.3 is 19.3 Å². The monoisotopic (exact) mass is 385 g/mol. The highest BCUT2D eigenvalue weighted by Crippen LogP contribution is 2.23. The van der Waals surface area contributed by atoms with E-state index in [2.05, 4.69) is 4.98 Å². The van der Waals surface area contributed by atoms with Crippen molar-refractivity contribution in [1.82, 2.24) is 14.5 Å². The smallest absolute Gasteiger partial charge is 0.475 e. The molecule has 1 aliphatic rings. The molecule has 2 aromatic rings. The molecule has 0 radical (unpaired) electrons. The van der Waals surface area contributed by atoms with Gasteiger partial charge in [-0.2, -0.15) is 13.2 Å². The number of hydrogen-bond donors (Lipinski definition) is 1. The van der Waals surface area contributed by atoms with E-state index in [1.165, 1.54) is 0 Å². The van der Waals surface area contributed by atoms with Gasteiger partial charge in [0.2, 0.25) is 0 Å². The first-order chi connectivity index (χ1) is 12.7. The van der Waals surface area contributed by atoms with Crippen LogP contribution in [0.3, 0.4) is 0 Å². The molecule has 1 amide bonds. The highest BCUT2D eigenvalue weighted by atomic mass is 19.4. The van der Waals surface area contributed by atoms with E-state index >= 15 is 0 Å². The molecule has 0 atom stereocenters. The van der Waals surface area contributed by atoms with E-state index in [1.807, 2.05) is 47.0 Å². The second-order valence-electron chi connectivity index (χ2n) is 5.61. The van der Waals surface area contributed by atoms with Crippen LogP contribution in [0.1, 0.15) is 10.4 Å². The first-order valence-corrected chi connectivity index (χ1v) is 7.95. The van der Waals surface area contributed by atoms with Crippen molar-refractivity contribution in [1.29, 1.82) is 0 Å². The average molecular weight is 385 g/mol. The van der Waals surface area contributed by atoms with Crippen LogP contribution in [0.5, 0.6) is 0 Å². The Bertz CT molecular complexity index is 799. The number of carbonyl (C=O) groups excluding carboxylic acids is 1. The Balaban J connectivity index is 0.000000321. The van der Waals surface area contributed by atoms with Gasteiger partial charge in [-0.3, -0.25) is 4.79 Å². The first-order valence-electron chi connectivity index (χ1n) is 7.95. The maximum atomic E-state index is 12.7. The van der Waals surface area contributed by atoms with Gasteiger partial charge in [0.15, 0.2) is 0 Å². The fourth-order valence-corrected chi connectivity index (χ4v) is 2.43. The van der Waals surface area contributed by atoms with E-state index in [1.54, 1.807) is 6.20 Å². The van der Waals surface area contributed by atoms with Crippen LogP contribution in [0, 0.1) is 0 Å². The number of morpholine rings is 1. The third kappa shape index (κ3) is 5.30. The van der Waals surface area contributed by atoms with Crippen LogP contribution in [0.2, 0.25) is 0 Å². The molecule has 1 aromatic carbocycles. The summed E-state index contributed by atoms with van der Waals surface area (Å²) in [6.07, 6.45) is -1.46. The van der Waals surface area contributed by atoms with Crippen molar-refractivity contribution in [2.45, 2.75) is 6.18 Å². The maximum Gasteiger partial charge on any atom is 0.490 e.